The molecule has 0 bridgehead atoms. The zero-order chi connectivity index (χ0) is 16.4. The van der Waals surface area contributed by atoms with Crippen molar-refractivity contribution in [3.63, 3.8) is 0 Å². The SMILES string of the molecule is Cc1cccc(O[C@@H](C)C(=O)N(C)c2nc3ccccc3o2)c1. The average Bonchev–Trinajstić information content (AvgIpc) is 2.97. The number of carbonyl (C=O) groups excluding carboxylic acids is 1. The molecule has 3 aromatic rings. The predicted molar refractivity (Wildman–Crippen MR) is 88.7 cm³/mol. The molecule has 0 saturated heterocycles. The molecule has 1 aromatic heterocycles. The van der Waals surface area contributed by atoms with Crippen LogP contribution in [0.5, 0.6) is 5.75 Å². The van der Waals surface area contributed by atoms with Gasteiger partial charge in [0.25, 0.3) is 5.91 Å². The maximum Gasteiger partial charge on any atom is 0.305 e. The molecule has 0 spiro atoms. The smallest absolute Gasteiger partial charge is 0.305 e. The summed E-state index contributed by atoms with van der Waals surface area (Å²) in [6.45, 7) is 3.69. The summed E-state index contributed by atoms with van der Waals surface area (Å²) in [5, 5.41) is 0. The van der Waals surface area contributed by atoms with E-state index in [4.69, 9.17) is 9.15 Å². The number of benzene rings is 2. The molecule has 0 saturated carbocycles. The van der Waals surface area contributed by atoms with Crippen LogP contribution in [0.3, 0.4) is 0 Å². The highest BCUT2D eigenvalue weighted by molar-refractivity contribution is 5.95. The van der Waals surface area contributed by atoms with Crippen molar-refractivity contribution in [2.75, 3.05) is 11.9 Å². The van der Waals surface area contributed by atoms with E-state index in [9.17, 15) is 4.79 Å². The normalized spacial score (nSPS) is 12.1. The summed E-state index contributed by atoms with van der Waals surface area (Å²) >= 11 is 0. The van der Waals surface area contributed by atoms with E-state index in [0.29, 0.717) is 11.3 Å². The van der Waals surface area contributed by atoms with Gasteiger partial charge in [-0.1, -0.05) is 24.3 Å². The van der Waals surface area contributed by atoms with Gasteiger partial charge in [0, 0.05) is 7.05 Å². The highest BCUT2D eigenvalue weighted by Gasteiger charge is 2.24. The first-order valence-corrected chi connectivity index (χ1v) is 7.41. The maximum atomic E-state index is 12.5. The zero-order valence-corrected chi connectivity index (χ0v) is 13.3. The van der Waals surface area contributed by atoms with Crippen molar-refractivity contribution in [1.29, 1.82) is 0 Å². The molecule has 5 nitrogen and oxygen atoms in total. The molecule has 2 aromatic carbocycles. The number of aryl methyl sites for hydroxylation is 1. The fourth-order valence-electron chi connectivity index (χ4n) is 2.31. The molecule has 1 atom stereocenters. The van der Waals surface area contributed by atoms with Crippen LogP contribution in [-0.4, -0.2) is 24.0 Å². The maximum absolute atomic E-state index is 12.5. The lowest BCUT2D eigenvalue weighted by atomic mass is 10.2. The number of fused-ring (bicyclic) bond motifs is 1. The highest BCUT2D eigenvalue weighted by atomic mass is 16.5. The van der Waals surface area contributed by atoms with E-state index in [1.165, 1.54) is 4.90 Å². The van der Waals surface area contributed by atoms with E-state index >= 15 is 0 Å². The third-order valence-corrected chi connectivity index (χ3v) is 3.55. The highest BCUT2D eigenvalue weighted by Crippen LogP contribution is 2.22. The molecule has 0 unspecified atom stereocenters. The number of hydrogen-bond donors (Lipinski definition) is 0. The Labute approximate surface area is 134 Å². The number of oxazole rings is 1. The number of carbonyl (C=O) groups is 1. The summed E-state index contributed by atoms with van der Waals surface area (Å²) in [7, 11) is 1.63. The van der Waals surface area contributed by atoms with Gasteiger partial charge in [0.2, 0.25) is 0 Å². The van der Waals surface area contributed by atoms with Gasteiger partial charge < -0.3 is 9.15 Å². The van der Waals surface area contributed by atoms with E-state index < -0.39 is 6.10 Å². The lowest BCUT2D eigenvalue weighted by Gasteiger charge is -2.19. The molecular formula is C18H18N2O3. The average molecular weight is 310 g/mol. The lowest BCUT2D eigenvalue weighted by molar-refractivity contribution is -0.124. The Balaban J connectivity index is 1.75. The summed E-state index contributed by atoms with van der Waals surface area (Å²) in [5.41, 5.74) is 2.44. The molecule has 118 valence electrons. The second-order valence-electron chi connectivity index (χ2n) is 5.44. The Bertz CT molecular complexity index is 808. The van der Waals surface area contributed by atoms with E-state index in [1.807, 2.05) is 55.5 Å². The van der Waals surface area contributed by atoms with Gasteiger partial charge in [0.15, 0.2) is 11.7 Å². The molecule has 0 aliphatic rings. The van der Waals surface area contributed by atoms with Gasteiger partial charge in [-0.2, -0.15) is 4.98 Å². The van der Waals surface area contributed by atoms with Crippen LogP contribution in [0, 0.1) is 6.92 Å². The summed E-state index contributed by atoms with van der Waals surface area (Å²) in [6.07, 6.45) is -0.642. The molecule has 0 aliphatic carbocycles. The monoisotopic (exact) mass is 310 g/mol. The molecule has 5 heteroatoms. The van der Waals surface area contributed by atoms with Gasteiger partial charge in [0.1, 0.15) is 11.3 Å². The number of hydrogen-bond acceptors (Lipinski definition) is 4. The number of nitrogens with zero attached hydrogens (tertiary/aromatic N) is 2. The van der Waals surface area contributed by atoms with Crippen LogP contribution in [-0.2, 0) is 4.79 Å². The standard InChI is InChI=1S/C18H18N2O3/c1-12-7-6-8-14(11-12)22-13(2)17(21)20(3)18-19-15-9-4-5-10-16(15)23-18/h4-11,13H,1-3H3/t13-/m0/s1. The minimum atomic E-state index is -0.642. The van der Waals surface area contributed by atoms with Gasteiger partial charge in [-0.05, 0) is 43.7 Å². The largest absolute Gasteiger partial charge is 0.481 e. The number of likely N-dealkylation sites (N-methyl/N-ethyl adjacent to an activating group) is 1. The minimum absolute atomic E-state index is 0.224. The van der Waals surface area contributed by atoms with Gasteiger partial charge in [-0.3, -0.25) is 9.69 Å². The van der Waals surface area contributed by atoms with Gasteiger partial charge in [0.05, 0.1) is 0 Å². The van der Waals surface area contributed by atoms with E-state index in [-0.39, 0.29) is 11.9 Å². The van der Waals surface area contributed by atoms with Crippen LogP contribution in [0.25, 0.3) is 11.1 Å². The Kier molecular flexibility index (Phi) is 4.02. The lowest BCUT2D eigenvalue weighted by Crippen LogP contribution is -2.38. The van der Waals surface area contributed by atoms with Crippen LogP contribution < -0.4 is 9.64 Å². The molecule has 1 heterocycles. The number of ether oxygens (including phenoxy) is 1. The van der Waals surface area contributed by atoms with Gasteiger partial charge >= 0.3 is 6.01 Å². The molecule has 0 N–H and O–H groups in total. The number of para-hydroxylation sites is 2. The number of aromatic nitrogens is 1. The fourth-order valence-corrected chi connectivity index (χ4v) is 2.31. The second-order valence-corrected chi connectivity index (χ2v) is 5.44. The van der Waals surface area contributed by atoms with Crippen molar-refractivity contribution in [2.24, 2.45) is 0 Å². The third-order valence-electron chi connectivity index (χ3n) is 3.55. The minimum Gasteiger partial charge on any atom is -0.481 e. The fraction of sp³-hybridized carbons (Fsp3) is 0.222. The molecule has 0 radical (unpaired) electrons. The van der Waals surface area contributed by atoms with Gasteiger partial charge in [-0.25, -0.2) is 0 Å². The molecule has 0 fully saturated rings. The number of rotatable bonds is 4. The van der Waals surface area contributed by atoms with Crippen molar-refractivity contribution >= 4 is 23.0 Å². The summed E-state index contributed by atoms with van der Waals surface area (Å²) in [5.74, 6) is 0.440. The van der Waals surface area contributed by atoms with Crippen molar-refractivity contribution in [1.82, 2.24) is 4.98 Å². The first kappa shape index (κ1) is 15.1. The van der Waals surface area contributed by atoms with Crippen molar-refractivity contribution in [2.45, 2.75) is 20.0 Å². The second kappa shape index (κ2) is 6.12. The van der Waals surface area contributed by atoms with Crippen LogP contribution in [0.15, 0.2) is 52.9 Å². The van der Waals surface area contributed by atoms with E-state index in [0.717, 1.165) is 11.1 Å². The molecule has 3 rings (SSSR count). The molecule has 1 amide bonds. The van der Waals surface area contributed by atoms with Crippen LogP contribution in [0.4, 0.5) is 6.01 Å². The summed E-state index contributed by atoms with van der Waals surface area (Å²) in [6, 6.07) is 15.2. The predicted octanol–water partition coefficient (Wildman–Crippen LogP) is 3.57. The van der Waals surface area contributed by atoms with Crippen LogP contribution in [0.2, 0.25) is 0 Å². The zero-order valence-electron chi connectivity index (χ0n) is 13.3. The first-order valence-electron chi connectivity index (χ1n) is 7.41. The number of amides is 1. The van der Waals surface area contributed by atoms with E-state index in [1.54, 1.807) is 14.0 Å². The Hall–Kier alpha value is -2.82. The van der Waals surface area contributed by atoms with Crippen molar-refractivity contribution in [3.05, 3.63) is 54.1 Å². The molecule has 23 heavy (non-hydrogen) atoms. The quantitative estimate of drug-likeness (QED) is 0.739. The third kappa shape index (κ3) is 3.18. The van der Waals surface area contributed by atoms with Gasteiger partial charge in [-0.15, -0.1) is 0 Å². The Morgan fingerprint density at radius 3 is 2.74 bits per heavy atom. The molecule has 0 aliphatic heterocycles. The number of anilines is 1. The molecular weight excluding hydrogens is 292 g/mol. The summed E-state index contributed by atoms with van der Waals surface area (Å²) in [4.78, 5) is 18.2. The first-order chi connectivity index (χ1) is 11.0. The topological polar surface area (TPSA) is 55.6 Å². The van der Waals surface area contributed by atoms with Crippen LogP contribution in [0.1, 0.15) is 12.5 Å². The van der Waals surface area contributed by atoms with Crippen molar-refractivity contribution < 1.29 is 13.9 Å². The van der Waals surface area contributed by atoms with Crippen molar-refractivity contribution in [3.8, 4) is 5.75 Å². The van der Waals surface area contributed by atoms with Crippen LogP contribution >= 0.6 is 0 Å². The van der Waals surface area contributed by atoms with E-state index in [2.05, 4.69) is 4.98 Å². The Morgan fingerprint density at radius 2 is 2.00 bits per heavy atom. The summed E-state index contributed by atoms with van der Waals surface area (Å²) < 4.78 is 11.3. The Morgan fingerprint density at radius 1 is 1.22 bits per heavy atom.